The fraction of sp³-hybridized carbons (Fsp3) is 0.241. The first kappa shape index (κ1) is 24.2. The van der Waals surface area contributed by atoms with Gasteiger partial charge < -0.3 is 5.11 Å². The average molecular weight is 473 g/mol. The largest absolute Gasteiger partial charge is 0.478 e. The molecule has 1 aromatic heterocycles. The maximum absolute atomic E-state index is 15.5. The van der Waals surface area contributed by atoms with Crippen LogP contribution < -0.4 is 5.69 Å². The molecule has 0 unspecified atom stereocenters. The third kappa shape index (κ3) is 5.43. The molecule has 0 radical (unpaired) electrons. The highest BCUT2D eigenvalue weighted by molar-refractivity contribution is 5.95. The zero-order valence-electron chi connectivity index (χ0n) is 19.9. The van der Waals surface area contributed by atoms with Gasteiger partial charge >= 0.3 is 11.7 Å². The summed E-state index contributed by atoms with van der Waals surface area (Å²) in [6.07, 6.45) is 1.25. The van der Waals surface area contributed by atoms with Crippen LogP contribution >= 0.6 is 0 Å². The van der Waals surface area contributed by atoms with Gasteiger partial charge in [-0.05, 0) is 47.1 Å². The Morgan fingerprint density at radius 2 is 1.46 bits per heavy atom. The van der Waals surface area contributed by atoms with Crippen molar-refractivity contribution in [3.63, 3.8) is 0 Å². The van der Waals surface area contributed by atoms with Crippen LogP contribution in [0.4, 0.5) is 4.39 Å². The number of imidazole rings is 1. The number of nitrogens with zero attached hydrogens (tertiary/aromatic N) is 2. The van der Waals surface area contributed by atoms with Crippen LogP contribution in [0.2, 0.25) is 0 Å². The van der Waals surface area contributed by atoms with Crippen molar-refractivity contribution in [1.29, 1.82) is 0 Å². The summed E-state index contributed by atoms with van der Waals surface area (Å²) >= 11 is 0. The first-order chi connectivity index (χ1) is 16.8. The summed E-state index contributed by atoms with van der Waals surface area (Å²) in [5, 5.41) is 9.49. The quantitative estimate of drug-likeness (QED) is 0.333. The molecule has 0 aliphatic heterocycles. The van der Waals surface area contributed by atoms with Gasteiger partial charge in [0.15, 0.2) is 0 Å². The van der Waals surface area contributed by atoms with E-state index in [0.29, 0.717) is 23.6 Å². The van der Waals surface area contributed by atoms with Gasteiger partial charge in [-0.25, -0.2) is 9.59 Å². The van der Waals surface area contributed by atoms with Crippen LogP contribution in [0.1, 0.15) is 47.4 Å². The van der Waals surface area contributed by atoms with Crippen molar-refractivity contribution >= 4 is 5.97 Å². The van der Waals surface area contributed by atoms with Gasteiger partial charge in [-0.2, -0.15) is 4.39 Å². The third-order valence-corrected chi connectivity index (χ3v) is 6.17. The third-order valence-electron chi connectivity index (χ3n) is 6.17. The van der Waals surface area contributed by atoms with Crippen molar-refractivity contribution < 1.29 is 14.3 Å². The molecule has 0 bridgehead atoms. The number of benzene rings is 3. The maximum Gasteiger partial charge on any atom is 0.336 e. The fourth-order valence-corrected chi connectivity index (χ4v) is 4.24. The standard InChI is InChI=1S/C29H29FN2O3/c1-20(2)12-17-26-27(30)32(19-21-8-4-3-5-9-21)29(35)31(26)18-22-13-15-23(16-14-22)24-10-6-7-11-25(24)28(33)34/h3-11,13-16,20H,12,17-19H2,1-2H3,(H,33,34). The Balaban J connectivity index is 1.67. The molecule has 4 rings (SSSR count). The summed E-state index contributed by atoms with van der Waals surface area (Å²) < 4.78 is 18.2. The molecule has 35 heavy (non-hydrogen) atoms. The molecule has 0 aliphatic carbocycles. The predicted molar refractivity (Wildman–Crippen MR) is 135 cm³/mol. The first-order valence-electron chi connectivity index (χ1n) is 11.8. The molecule has 180 valence electrons. The van der Waals surface area contributed by atoms with Crippen LogP contribution in [-0.2, 0) is 19.5 Å². The lowest BCUT2D eigenvalue weighted by molar-refractivity contribution is 0.0697. The van der Waals surface area contributed by atoms with E-state index in [0.717, 1.165) is 23.1 Å². The van der Waals surface area contributed by atoms with E-state index in [2.05, 4.69) is 13.8 Å². The Morgan fingerprint density at radius 1 is 0.857 bits per heavy atom. The fourth-order valence-electron chi connectivity index (χ4n) is 4.24. The van der Waals surface area contributed by atoms with Gasteiger partial charge in [0.2, 0.25) is 5.95 Å². The van der Waals surface area contributed by atoms with Crippen molar-refractivity contribution in [3.05, 3.63) is 118 Å². The smallest absolute Gasteiger partial charge is 0.336 e. The van der Waals surface area contributed by atoms with Gasteiger partial charge in [-0.3, -0.25) is 9.13 Å². The zero-order chi connectivity index (χ0) is 24.9. The summed E-state index contributed by atoms with van der Waals surface area (Å²) in [4.78, 5) is 24.9. The summed E-state index contributed by atoms with van der Waals surface area (Å²) in [6, 6.07) is 23.6. The van der Waals surface area contributed by atoms with Gasteiger partial charge in [0.1, 0.15) is 0 Å². The van der Waals surface area contributed by atoms with Crippen LogP contribution in [0.5, 0.6) is 0 Å². The molecular weight excluding hydrogens is 443 g/mol. The summed E-state index contributed by atoms with van der Waals surface area (Å²) in [6.45, 7) is 4.58. The predicted octanol–water partition coefficient (Wildman–Crippen LogP) is 5.84. The molecule has 0 spiro atoms. The Kier molecular flexibility index (Phi) is 7.30. The number of hydrogen-bond donors (Lipinski definition) is 1. The molecular formula is C29H29FN2O3. The Morgan fingerprint density at radius 3 is 2.11 bits per heavy atom. The Labute approximate surface area is 204 Å². The van der Waals surface area contributed by atoms with Crippen molar-refractivity contribution in [2.24, 2.45) is 5.92 Å². The van der Waals surface area contributed by atoms with Gasteiger partial charge in [0, 0.05) is 0 Å². The van der Waals surface area contributed by atoms with Crippen LogP contribution in [0.3, 0.4) is 0 Å². The number of hydrogen-bond acceptors (Lipinski definition) is 2. The lowest BCUT2D eigenvalue weighted by Gasteiger charge is -2.10. The minimum atomic E-state index is -0.985. The molecule has 0 amide bonds. The zero-order valence-corrected chi connectivity index (χ0v) is 19.9. The topological polar surface area (TPSA) is 64.2 Å². The second-order valence-electron chi connectivity index (χ2n) is 9.16. The Bertz CT molecular complexity index is 1370. The van der Waals surface area contributed by atoms with Crippen molar-refractivity contribution in [2.45, 2.75) is 39.8 Å². The van der Waals surface area contributed by atoms with Crippen LogP contribution in [-0.4, -0.2) is 20.2 Å². The summed E-state index contributed by atoms with van der Waals surface area (Å²) in [7, 11) is 0. The number of carboxylic acid groups (broad SMARTS) is 1. The second-order valence-corrected chi connectivity index (χ2v) is 9.16. The van der Waals surface area contributed by atoms with E-state index in [1.54, 1.807) is 24.3 Å². The van der Waals surface area contributed by atoms with Crippen LogP contribution in [0, 0.1) is 11.9 Å². The maximum atomic E-state index is 15.5. The van der Waals surface area contributed by atoms with Gasteiger partial charge in [0.25, 0.3) is 0 Å². The molecule has 0 saturated heterocycles. The summed E-state index contributed by atoms with van der Waals surface area (Å²) in [5.74, 6) is -1.09. The molecule has 0 saturated carbocycles. The van der Waals surface area contributed by atoms with E-state index in [1.165, 1.54) is 9.13 Å². The van der Waals surface area contributed by atoms with Crippen molar-refractivity contribution in [2.75, 3.05) is 0 Å². The van der Waals surface area contributed by atoms with Gasteiger partial charge in [-0.1, -0.05) is 86.6 Å². The second kappa shape index (κ2) is 10.6. The van der Waals surface area contributed by atoms with E-state index >= 15 is 4.39 Å². The van der Waals surface area contributed by atoms with Gasteiger partial charge in [0.05, 0.1) is 24.3 Å². The first-order valence-corrected chi connectivity index (χ1v) is 11.8. The number of aromatic carboxylic acids is 1. The molecule has 0 aliphatic rings. The number of halogens is 1. The van der Waals surface area contributed by atoms with E-state index < -0.39 is 11.9 Å². The van der Waals surface area contributed by atoms with Crippen molar-refractivity contribution in [1.82, 2.24) is 9.13 Å². The molecule has 0 atom stereocenters. The molecule has 5 nitrogen and oxygen atoms in total. The minimum Gasteiger partial charge on any atom is -0.478 e. The number of carboxylic acids is 1. The van der Waals surface area contributed by atoms with Crippen LogP contribution in [0.25, 0.3) is 11.1 Å². The average Bonchev–Trinajstić information content (AvgIpc) is 3.07. The lowest BCUT2D eigenvalue weighted by Crippen LogP contribution is -2.26. The highest BCUT2D eigenvalue weighted by Gasteiger charge is 2.21. The SMILES string of the molecule is CC(C)CCc1c(F)n(Cc2ccccc2)c(=O)n1Cc1ccc(-c2ccccc2C(=O)O)cc1. The van der Waals surface area contributed by atoms with E-state index in [1.807, 2.05) is 54.6 Å². The minimum absolute atomic E-state index is 0.179. The highest BCUT2D eigenvalue weighted by atomic mass is 19.1. The molecule has 4 aromatic rings. The van der Waals surface area contributed by atoms with E-state index in [9.17, 15) is 14.7 Å². The molecule has 6 heteroatoms. The molecule has 1 heterocycles. The summed E-state index contributed by atoms with van der Waals surface area (Å²) in [5.41, 5.74) is 3.38. The lowest BCUT2D eigenvalue weighted by atomic mass is 9.98. The number of carbonyl (C=O) groups is 1. The van der Waals surface area contributed by atoms with Crippen LogP contribution in [0.15, 0.2) is 83.7 Å². The highest BCUT2D eigenvalue weighted by Crippen LogP contribution is 2.25. The van der Waals surface area contributed by atoms with Crippen molar-refractivity contribution in [3.8, 4) is 11.1 Å². The number of rotatable bonds is 9. The normalized spacial score (nSPS) is 11.2. The molecule has 1 N–H and O–H groups in total. The molecule has 3 aromatic carbocycles. The Hall–Kier alpha value is -3.93. The van der Waals surface area contributed by atoms with Gasteiger partial charge in [-0.15, -0.1) is 0 Å². The number of aromatic nitrogens is 2. The van der Waals surface area contributed by atoms with E-state index in [4.69, 9.17) is 0 Å². The molecule has 0 fully saturated rings. The van der Waals surface area contributed by atoms with E-state index in [-0.39, 0.29) is 24.3 Å². The monoisotopic (exact) mass is 472 g/mol.